The van der Waals surface area contributed by atoms with Gasteiger partial charge in [0.15, 0.2) is 11.3 Å². The number of hydrogen-bond donors (Lipinski definition) is 0. The first-order valence-electron chi connectivity index (χ1n) is 5.43. The number of thiazole rings is 1. The molecule has 0 fully saturated rings. The Morgan fingerprint density at radius 3 is 2.67 bits per heavy atom. The van der Waals surface area contributed by atoms with Crippen molar-refractivity contribution in [3.63, 3.8) is 0 Å². The van der Waals surface area contributed by atoms with Crippen molar-refractivity contribution >= 4 is 23.6 Å². The van der Waals surface area contributed by atoms with Gasteiger partial charge in [-0.15, -0.1) is 11.3 Å². The molecule has 0 spiro atoms. The van der Waals surface area contributed by atoms with E-state index in [1.807, 2.05) is 12.1 Å². The van der Waals surface area contributed by atoms with Gasteiger partial charge in [-0.05, 0) is 24.6 Å². The molecule has 5 heteroatoms. The van der Waals surface area contributed by atoms with Crippen molar-refractivity contribution < 1.29 is 14.3 Å². The molecule has 2 rings (SSSR count). The minimum atomic E-state index is -0.332. The van der Waals surface area contributed by atoms with Crippen LogP contribution in [0.5, 0.6) is 0 Å². The number of nitrogens with zero attached hydrogens (tertiary/aromatic N) is 1. The second kappa shape index (κ2) is 5.55. The van der Waals surface area contributed by atoms with Gasteiger partial charge in [-0.25, -0.2) is 9.78 Å². The van der Waals surface area contributed by atoms with E-state index in [-0.39, 0.29) is 5.97 Å². The number of carbonyl (C=O) groups excluding carboxylic acids is 2. The summed E-state index contributed by atoms with van der Waals surface area (Å²) in [5.41, 5.74) is 1.44. The fraction of sp³-hybridized carbons (Fsp3) is 0.154. The Balaban J connectivity index is 2.21. The molecule has 0 amide bonds. The second-order valence-electron chi connectivity index (χ2n) is 3.48. The summed E-state index contributed by atoms with van der Waals surface area (Å²) in [4.78, 5) is 26.9. The van der Waals surface area contributed by atoms with Crippen LogP contribution in [0.2, 0.25) is 0 Å². The third-order valence-corrected chi connectivity index (χ3v) is 3.28. The van der Waals surface area contributed by atoms with Crippen molar-refractivity contribution in [1.82, 2.24) is 4.98 Å². The fourth-order valence-electron chi connectivity index (χ4n) is 1.46. The smallest absolute Gasteiger partial charge is 0.338 e. The lowest BCUT2D eigenvalue weighted by Crippen LogP contribution is -2.03. The van der Waals surface area contributed by atoms with Crippen LogP contribution >= 0.6 is 11.3 Å². The quantitative estimate of drug-likeness (QED) is 0.627. The number of carbonyl (C=O) groups is 2. The van der Waals surface area contributed by atoms with Crippen LogP contribution in [0.3, 0.4) is 0 Å². The van der Waals surface area contributed by atoms with Gasteiger partial charge in [0.05, 0.1) is 17.0 Å². The zero-order chi connectivity index (χ0) is 13.0. The number of esters is 1. The predicted octanol–water partition coefficient (Wildman–Crippen LogP) is 2.80. The molecule has 4 nitrogen and oxygen atoms in total. The highest BCUT2D eigenvalue weighted by molar-refractivity contribution is 7.16. The number of aldehydes is 1. The molecule has 0 aliphatic heterocycles. The summed E-state index contributed by atoms with van der Waals surface area (Å²) in [6, 6.07) is 7.03. The minimum Gasteiger partial charge on any atom is -0.462 e. The van der Waals surface area contributed by atoms with E-state index in [1.165, 1.54) is 11.3 Å². The second-order valence-corrected chi connectivity index (χ2v) is 4.54. The van der Waals surface area contributed by atoms with E-state index >= 15 is 0 Å². The molecular formula is C13H11NO3S. The molecule has 0 aliphatic rings. The molecule has 1 heterocycles. The number of benzene rings is 1. The van der Waals surface area contributed by atoms with Crippen molar-refractivity contribution in [2.45, 2.75) is 6.92 Å². The van der Waals surface area contributed by atoms with Gasteiger partial charge >= 0.3 is 5.97 Å². The van der Waals surface area contributed by atoms with Gasteiger partial charge in [-0.1, -0.05) is 12.1 Å². The highest BCUT2D eigenvalue weighted by Gasteiger charge is 2.08. The van der Waals surface area contributed by atoms with E-state index < -0.39 is 0 Å². The standard InChI is InChI=1S/C13H11NO3S/c1-2-17-13(16)10-5-3-9(4-6-10)11-7-14-12(8-15)18-11/h3-8H,2H2,1H3. The van der Waals surface area contributed by atoms with Gasteiger partial charge in [-0.2, -0.15) is 0 Å². The van der Waals surface area contributed by atoms with Crippen LogP contribution < -0.4 is 0 Å². The van der Waals surface area contributed by atoms with Gasteiger partial charge in [0.25, 0.3) is 0 Å². The maximum Gasteiger partial charge on any atom is 0.338 e. The largest absolute Gasteiger partial charge is 0.462 e. The summed E-state index contributed by atoms with van der Waals surface area (Å²) < 4.78 is 4.90. The maximum absolute atomic E-state index is 11.5. The van der Waals surface area contributed by atoms with Crippen molar-refractivity contribution in [3.8, 4) is 10.4 Å². The van der Waals surface area contributed by atoms with Crippen molar-refractivity contribution in [2.75, 3.05) is 6.61 Å². The molecule has 0 radical (unpaired) electrons. The van der Waals surface area contributed by atoms with Gasteiger partial charge < -0.3 is 4.74 Å². The summed E-state index contributed by atoms with van der Waals surface area (Å²) in [6.07, 6.45) is 2.37. The summed E-state index contributed by atoms with van der Waals surface area (Å²) in [5, 5.41) is 0.444. The molecule has 0 saturated carbocycles. The SMILES string of the molecule is CCOC(=O)c1ccc(-c2cnc(C=O)s2)cc1. The fourth-order valence-corrected chi connectivity index (χ4v) is 2.20. The highest BCUT2D eigenvalue weighted by Crippen LogP contribution is 2.25. The van der Waals surface area contributed by atoms with Crippen molar-refractivity contribution in [3.05, 3.63) is 41.0 Å². The number of hydrogen-bond acceptors (Lipinski definition) is 5. The number of aromatic nitrogens is 1. The Labute approximate surface area is 108 Å². The average molecular weight is 261 g/mol. The summed E-state index contributed by atoms with van der Waals surface area (Å²) in [5.74, 6) is -0.332. The Bertz CT molecular complexity index is 560. The molecule has 92 valence electrons. The Kier molecular flexibility index (Phi) is 3.84. The van der Waals surface area contributed by atoms with Crippen LogP contribution in [0.4, 0.5) is 0 Å². The van der Waals surface area contributed by atoms with Crippen LogP contribution in [-0.2, 0) is 4.74 Å². The molecule has 1 aromatic heterocycles. The van der Waals surface area contributed by atoms with Gasteiger partial charge in [0.2, 0.25) is 0 Å². The summed E-state index contributed by atoms with van der Waals surface area (Å²) in [7, 11) is 0. The van der Waals surface area contributed by atoms with Gasteiger partial charge in [0.1, 0.15) is 0 Å². The van der Waals surface area contributed by atoms with Crippen LogP contribution in [0.1, 0.15) is 27.1 Å². The monoisotopic (exact) mass is 261 g/mol. The minimum absolute atomic E-state index is 0.332. The summed E-state index contributed by atoms with van der Waals surface area (Å²) in [6.45, 7) is 2.13. The number of rotatable bonds is 4. The third-order valence-electron chi connectivity index (χ3n) is 2.30. The molecule has 0 N–H and O–H groups in total. The Hall–Kier alpha value is -2.01. The number of ether oxygens (including phenoxy) is 1. The lowest BCUT2D eigenvalue weighted by atomic mass is 10.1. The average Bonchev–Trinajstić information content (AvgIpc) is 2.88. The van der Waals surface area contributed by atoms with Crippen LogP contribution in [-0.4, -0.2) is 23.8 Å². The molecule has 0 unspecified atom stereocenters. The Morgan fingerprint density at radius 2 is 2.11 bits per heavy atom. The molecule has 0 aliphatic carbocycles. The van der Waals surface area contributed by atoms with Crippen LogP contribution in [0.25, 0.3) is 10.4 Å². The molecule has 18 heavy (non-hydrogen) atoms. The zero-order valence-electron chi connectivity index (χ0n) is 9.75. The van der Waals surface area contributed by atoms with Crippen LogP contribution in [0.15, 0.2) is 30.5 Å². The molecule has 0 atom stereocenters. The maximum atomic E-state index is 11.5. The van der Waals surface area contributed by atoms with Crippen LogP contribution in [0, 0.1) is 0 Å². The molecular weight excluding hydrogens is 250 g/mol. The van der Waals surface area contributed by atoms with E-state index in [9.17, 15) is 9.59 Å². The zero-order valence-corrected chi connectivity index (χ0v) is 10.6. The van der Waals surface area contributed by atoms with Crippen molar-refractivity contribution in [1.29, 1.82) is 0 Å². The van der Waals surface area contributed by atoms with E-state index in [4.69, 9.17) is 4.74 Å². The first-order valence-corrected chi connectivity index (χ1v) is 6.25. The van der Waals surface area contributed by atoms with Gasteiger partial charge in [-0.3, -0.25) is 4.79 Å². The molecule has 0 saturated heterocycles. The van der Waals surface area contributed by atoms with E-state index in [0.717, 1.165) is 16.7 Å². The Morgan fingerprint density at radius 1 is 1.39 bits per heavy atom. The predicted molar refractivity (Wildman–Crippen MR) is 68.9 cm³/mol. The van der Waals surface area contributed by atoms with E-state index in [0.29, 0.717) is 17.2 Å². The third kappa shape index (κ3) is 2.62. The molecule has 0 bridgehead atoms. The first kappa shape index (κ1) is 12.4. The normalized spacial score (nSPS) is 10.1. The van der Waals surface area contributed by atoms with Gasteiger partial charge in [0, 0.05) is 6.20 Å². The topological polar surface area (TPSA) is 56.3 Å². The van der Waals surface area contributed by atoms with Crippen molar-refractivity contribution in [2.24, 2.45) is 0 Å². The lowest BCUT2D eigenvalue weighted by Gasteiger charge is -2.02. The first-order chi connectivity index (χ1) is 8.74. The highest BCUT2D eigenvalue weighted by atomic mass is 32.1. The van der Waals surface area contributed by atoms with E-state index in [2.05, 4.69) is 4.98 Å². The molecule has 2 aromatic rings. The summed E-state index contributed by atoms with van der Waals surface area (Å²) >= 11 is 1.32. The van der Waals surface area contributed by atoms with E-state index in [1.54, 1.807) is 25.3 Å². The molecule has 1 aromatic carbocycles. The lowest BCUT2D eigenvalue weighted by molar-refractivity contribution is 0.0526.